The van der Waals surface area contributed by atoms with Gasteiger partial charge < -0.3 is 10.1 Å². The number of fused-ring (bicyclic) bond motifs is 1. The quantitative estimate of drug-likeness (QED) is 0.499. The Balaban J connectivity index is 1.16. The predicted molar refractivity (Wildman–Crippen MR) is 133 cm³/mol. The molecule has 1 aromatic carbocycles. The van der Waals surface area contributed by atoms with Gasteiger partial charge in [0.25, 0.3) is 11.8 Å². The third kappa shape index (κ3) is 5.63. The first-order valence-corrected chi connectivity index (χ1v) is 12.5. The molecule has 2 aliphatic rings. The third-order valence-corrected chi connectivity index (χ3v) is 6.65. The van der Waals surface area contributed by atoms with Crippen molar-refractivity contribution in [2.24, 2.45) is 0 Å². The normalized spacial score (nSPS) is 18.6. The lowest BCUT2D eigenvalue weighted by Crippen LogP contribution is -2.47. The van der Waals surface area contributed by atoms with Crippen molar-refractivity contribution in [1.82, 2.24) is 34.8 Å². The van der Waals surface area contributed by atoms with Gasteiger partial charge in [-0.2, -0.15) is 5.10 Å². The van der Waals surface area contributed by atoms with Gasteiger partial charge in [0, 0.05) is 32.7 Å². The molecule has 2 amide bonds. The number of benzene rings is 1. The van der Waals surface area contributed by atoms with Crippen molar-refractivity contribution in [3.63, 3.8) is 0 Å². The average Bonchev–Trinajstić information content (AvgIpc) is 3.52. The highest BCUT2D eigenvalue weighted by Gasteiger charge is 2.31. The molecule has 2 aliphatic heterocycles. The number of nitrogens with one attached hydrogen (secondary N) is 1. The van der Waals surface area contributed by atoms with E-state index in [1.54, 1.807) is 16.6 Å². The van der Waals surface area contributed by atoms with Crippen LogP contribution in [0.2, 0.25) is 0 Å². The molecule has 11 heteroatoms. The molecule has 0 radical (unpaired) electrons. The van der Waals surface area contributed by atoms with E-state index in [9.17, 15) is 9.59 Å². The summed E-state index contributed by atoms with van der Waals surface area (Å²) in [6.07, 6.45) is 3.84. The molecule has 5 rings (SSSR count). The molecule has 1 atom stereocenters. The van der Waals surface area contributed by atoms with E-state index in [-0.39, 0.29) is 11.7 Å². The summed E-state index contributed by atoms with van der Waals surface area (Å²) in [7, 11) is 1.73. The first-order valence-electron chi connectivity index (χ1n) is 12.5. The van der Waals surface area contributed by atoms with E-state index in [0.29, 0.717) is 19.5 Å². The summed E-state index contributed by atoms with van der Waals surface area (Å²) in [5, 5.41) is 11.8. The molecule has 0 bridgehead atoms. The fraction of sp³-hybridized carbons (Fsp3) is 0.480. The first-order chi connectivity index (χ1) is 17.6. The molecule has 11 nitrogen and oxygen atoms in total. The van der Waals surface area contributed by atoms with Crippen molar-refractivity contribution >= 4 is 17.6 Å². The van der Waals surface area contributed by atoms with Crippen LogP contribution in [0.4, 0.5) is 5.82 Å². The maximum absolute atomic E-state index is 13.2. The topological polar surface area (TPSA) is 110 Å². The Kier molecular flexibility index (Phi) is 7.38. The van der Waals surface area contributed by atoms with Gasteiger partial charge in [-0.25, -0.2) is 14.3 Å². The Hall–Kier alpha value is -3.57. The minimum atomic E-state index is -0.671. The Labute approximate surface area is 210 Å². The summed E-state index contributed by atoms with van der Waals surface area (Å²) in [6.45, 7) is 5.63. The molecule has 3 aromatic rings. The van der Waals surface area contributed by atoms with Crippen molar-refractivity contribution in [2.75, 3.05) is 44.8 Å². The summed E-state index contributed by atoms with van der Waals surface area (Å²) in [5.41, 5.74) is 2.04. The highest BCUT2D eigenvalue weighted by atomic mass is 16.5. The maximum Gasteiger partial charge on any atom is 0.291 e. The van der Waals surface area contributed by atoms with Crippen LogP contribution in [0.3, 0.4) is 0 Å². The molecule has 2 aromatic heterocycles. The summed E-state index contributed by atoms with van der Waals surface area (Å²) in [6, 6.07) is 11.1. The number of rotatable bonds is 8. The second kappa shape index (κ2) is 11.0. The van der Waals surface area contributed by atoms with Gasteiger partial charge in [0.1, 0.15) is 18.2 Å². The maximum atomic E-state index is 13.2. The van der Waals surface area contributed by atoms with E-state index in [1.165, 1.54) is 6.33 Å². The number of aryl methyl sites for hydroxylation is 2. The summed E-state index contributed by atoms with van der Waals surface area (Å²) in [5.74, 6) is 0.164. The van der Waals surface area contributed by atoms with Crippen LogP contribution in [0.5, 0.6) is 0 Å². The van der Waals surface area contributed by atoms with Crippen molar-refractivity contribution in [3.8, 4) is 0 Å². The highest BCUT2D eigenvalue weighted by Crippen LogP contribution is 2.22. The van der Waals surface area contributed by atoms with Crippen molar-refractivity contribution in [2.45, 2.75) is 38.4 Å². The van der Waals surface area contributed by atoms with E-state index in [0.717, 1.165) is 62.8 Å². The molecule has 0 unspecified atom stereocenters. The average molecular weight is 493 g/mol. The van der Waals surface area contributed by atoms with Crippen LogP contribution in [0.25, 0.3) is 0 Å². The molecule has 1 N–H and O–H groups in total. The number of anilines is 1. The zero-order chi connectivity index (χ0) is 24.9. The van der Waals surface area contributed by atoms with Crippen LogP contribution in [0.1, 0.15) is 34.7 Å². The lowest BCUT2D eigenvalue weighted by Gasteiger charge is -2.26. The van der Waals surface area contributed by atoms with Crippen molar-refractivity contribution in [3.05, 3.63) is 59.8 Å². The monoisotopic (exact) mass is 492 g/mol. The van der Waals surface area contributed by atoms with Gasteiger partial charge in [-0.15, -0.1) is 5.10 Å². The molecule has 36 heavy (non-hydrogen) atoms. The van der Waals surface area contributed by atoms with Gasteiger partial charge in [0.15, 0.2) is 0 Å². The standard InChI is InChI=1S/C25H32N8O3/c1-30-22-16-20(8-5-10-31-12-14-36-15-13-31)28-33(22)11-9-21(25(30)35)27-24(34)23-26-18-32(29-23)17-19-6-3-2-4-7-19/h2-4,6-7,16,18,21H,5,8-15,17H2,1H3,(H,27,34)/t21-/m1/s1. The summed E-state index contributed by atoms with van der Waals surface area (Å²) in [4.78, 5) is 34.1. The fourth-order valence-corrected chi connectivity index (χ4v) is 4.65. The van der Waals surface area contributed by atoms with Gasteiger partial charge in [0.05, 0.1) is 25.5 Å². The highest BCUT2D eigenvalue weighted by molar-refractivity contribution is 6.00. The molecular formula is C25H32N8O3. The molecule has 1 fully saturated rings. The fourth-order valence-electron chi connectivity index (χ4n) is 4.65. The van der Waals surface area contributed by atoms with Gasteiger partial charge in [-0.3, -0.25) is 19.4 Å². The number of hydrogen-bond donors (Lipinski definition) is 1. The van der Waals surface area contributed by atoms with Gasteiger partial charge in [-0.05, 0) is 31.4 Å². The number of morpholine rings is 1. The Morgan fingerprint density at radius 3 is 2.75 bits per heavy atom. The van der Waals surface area contributed by atoms with E-state index in [4.69, 9.17) is 9.84 Å². The second-order valence-electron chi connectivity index (χ2n) is 9.24. The van der Waals surface area contributed by atoms with Gasteiger partial charge in [0.2, 0.25) is 5.82 Å². The number of carbonyl (C=O) groups is 2. The van der Waals surface area contributed by atoms with E-state index < -0.39 is 11.9 Å². The third-order valence-electron chi connectivity index (χ3n) is 6.65. The van der Waals surface area contributed by atoms with Crippen LogP contribution >= 0.6 is 0 Å². The van der Waals surface area contributed by atoms with Crippen LogP contribution < -0.4 is 10.2 Å². The minimum Gasteiger partial charge on any atom is -0.379 e. The number of hydrogen-bond acceptors (Lipinski definition) is 7. The van der Waals surface area contributed by atoms with Gasteiger partial charge in [-0.1, -0.05) is 30.3 Å². The number of amides is 2. The lowest BCUT2D eigenvalue weighted by molar-refractivity contribution is -0.120. The van der Waals surface area contributed by atoms with Crippen LogP contribution in [-0.2, 0) is 29.0 Å². The predicted octanol–water partition coefficient (Wildman–Crippen LogP) is 0.953. The summed E-state index contributed by atoms with van der Waals surface area (Å²) < 4.78 is 8.88. The molecule has 4 heterocycles. The Morgan fingerprint density at radius 2 is 1.94 bits per heavy atom. The molecule has 0 aliphatic carbocycles. The van der Waals surface area contributed by atoms with Crippen molar-refractivity contribution in [1.29, 1.82) is 0 Å². The SMILES string of the molecule is CN1C(=O)[C@H](NC(=O)c2ncn(Cc3ccccc3)n2)CCn2nc(CCCN3CCOCC3)cc21. The molecule has 1 saturated heterocycles. The molecule has 0 saturated carbocycles. The largest absolute Gasteiger partial charge is 0.379 e. The van der Waals surface area contributed by atoms with E-state index in [1.807, 2.05) is 41.1 Å². The summed E-state index contributed by atoms with van der Waals surface area (Å²) >= 11 is 0. The number of likely N-dealkylation sites (N-methyl/N-ethyl adjacent to an activating group) is 1. The number of nitrogens with zero attached hydrogens (tertiary/aromatic N) is 7. The van der Waals surface area contributed by atoms with E-state index in [2.05, 4.69) is 20.3 Å². The molecule has 0 spiro atoms. The van der Waals surface area contributed by atoms with Crippen LogP contribution in [0, 0.1) is 0 Å². The van der Waals surface area contributed by atoms with E-state index >= 15 is 0 Å². The number of aromatic nitrogens is 5. The van der Waals surface area contributed by atoms with Crippen molar-refractivity contribution < 1.29 is 14.3 Å². The molecular weight excluding hydrogens is 460 g/mol. The first kappa shape index (κ1) is 24.1. The Morgan fingerprint density at radius 1 is 1.14 bits per heavy atom. The van der Waals surface area contributed by atoms with Crippen LogP contribution in [0.15, 0.2) is 42.7 Å². The number of carbonyl (C=O) groups excluding carboxylic acids is 2. The van der Waals surface area contributed by atoms with Gasteiger partial charge >= 0.3 is 0 Å². The Bertz CT molecular complexity index is 1190. The minimum absolute atomic E-state index is 0.0472. The lowest BCUT2D eigenvalue weighted by atomic mass is 10.2. The second-order valence-corrected chi connectivity index (χ2v) is 9.24. The smallest absolute Gasteiger partial charge is 0.291 e. The molecule has 190 valence electrons. The van der Waals surface area contributed by atoms with Crippen LogP contribution in [-0.4, -0.2) is 87.2 Å². The zero-order valence-corrected chi connectivity index (χ0v) is 20.5. The number of ether oxygens (including phenoxy) is 1. The zero-order valence-electron chi connectivity index (χ0n) is 20.5.